The van der Waals surface area contributed by atoms with Gasteiger partial charge in [0.15, 0.2) is 5.82 Å². The first-order valence-electron chi connectivity index (χ1n) is 5.73. The molecule has 100 valence electrons. The highest BCUT2D eigenvalue weighted by molar-refractivity contribution is 9.10. The lowest BCUT2D eigenvalue weighted by atomic mass is 10.3. The van der Waals surface area contributed by atoms with E-state index in [1.807, 2.05) is 24.3 Å². The third kappa shape index (κ3) is 4.11. The van der Waals surface area contributed by atoms with E-state index in [2.05, 4.69) is 21.2 Å². The summed E-state index contributed by atoms with van der Waals surface area (Å²) in [6.45, 7) is 0.923. The fourth-order valence-corrected chi connectivity index (χ4v) is 2.10. The molecule has 0 aromatic heterocycles. The van der Waals surface area contributed by atoms with E-state index in [0.29, 0.717) is 18.8 Å². The van der Waals surface area contributed by atoms with Crippen LogP contribution in [0.3, 0.4) is 0 Å². The molecule has 0 heterocycles. The number of rotatable bonds is 5. The number of halogens is 3. The minimum Gasteiger partial charge on any atom is -0.492 e. The Morgan fingerprint density at radius 3 is 2.79 bits per heavy atom. The molecule has 1 N–H and O–H groups in total. The van der Waals surface area contributed by atoms with Crippen molar-refractivity contribution in [3.8, 4) is 5.75 Å². The van der Waals surface area contributed by atoms with Crippen molar-refractivity contribution in [2.75, 3.05) is 18.5 Å². The molecule has 0 amide bonds. The molecule has 0 spiro atoms. The van der Waals surface area contributed by atoms with E-state index >= 15 is 0 Å². The van der Waals surface area contributed by atoms with Gasteiger partial charge in [-0.15, -0.1) is 0 Å². The number of anilines is 1. The molecule has 5 heteroatoms. The van der Waals surface area contributed by atoms with Crippen LogP contribution in [0.5, 0.6) is 5.75 Å². The summed E-state index contributed by atoms with van der Waals surface area (Å²) >= 11 is 9.05. The maximum absolute atomic E-state index is 13.6. The molecule has 2 nitrogen and oxygen atoms in total. The van der Waals surface area contributed by atoms with Gasteiger partial charge in [-0.1, -0.05) is 39.7 Å². The lowest BCUT2D eigenvalue weighted by Crippen LogP contribution is -2.12. The molecule has 2 aromatic rings. The van der Waals surface area contributed by atoms with Gasteiger partial charge in [0.05, 0.1) is 10.7 Å². The second kappa shape index (κ2) is 6.78. The average Bonchev–Trinajstić information content (AvgIpc) is 2.39. The topological polar surface area (TPSA) is 21.3 Å². The molecule has 0 radical (unpaired) electrons. The summed E-state index contributed by atoms with van der Waals surface area (Å²) in [5.74, 6) is 0.328. The second-order valence-electron chi connectivity index (χ2n) is 3.83. The molecule has 0 bridgehead atoms. The summed E-state index contributed by atoms with van der Waals surface area (Å²) in [7, 11) is 0. The van der Waals surface area contributed by atoms with Crippen LogP contribution in [0.25, 0.3) is 0 Å². The first-order valence-corrected chi connectivity index (χ1v) is 6.90. The average molecular weight is 345 g/mol. The minimum absolute atomic E-state index is 0.109. The van der Waals surface area contributed by atoms with Gasteiger partial charge < -0.3 is 10.1 Å². The Kier molecular flexibility index (Phi) is 5.05. The first kappa shape index (κ1) is 14.2. The normalized spacial score (nSPS) is 10.3. The summed E-state index contributed by atoms with van der Waals surface area (Å²) in [6.07, 6.45) is 0. The fraction of sp³-hybridized carbons (Fsp3) is 0.143. The van der Waals surface area contributed by atoms with Crippen molar-refractivity contribution >= 4 is 33.2 Å². The molecule has 0 saturated carbocycles. The van der Waals surface area contributed by atoms with Crippen molar-refractivity contribution in [3.63, 3.8) is 0 Å². The van der Waals surface area contributed by atoms with Gasteiger partial charge in [-0.05, 0) is 30.3 Å². The third-order valence-corrected chi connectivity index (χ3v) is 3.22. The molecule has 0 unspecified atom stereocenters. The summed E-state index contributed by atoms with van der Waals surface area (Å²) < 4.78 is 20.1. The zero-order chi connectivity index (χ0) is 13.7. The maximum atomic E-state index is 13.6. The van der Waals surface area contributed by atoms with E-state index in [1.165, 1.54) is 6.07 Å². The Hall–Kier alpha value is -1.26. The van der Waals surface area contributed by atoms with Crippen LogP contribution < -0.4 is 10.1 Å². The minimum atomic E-state index is -0.438. The van der Waals surface area contributed by atoms with Crippen LogP contribution in [0, 0.1) is 5.82 Å². The van der Waals surface area contributed by atoms with Gasteiger partial charge >= 0.3 is 0 Å². The summed E-state index contributed by atoms with van der Waals surface area (Å²) in [4.78, 5) is 0. The van der Waals surface area contributed by atoms with E-state index in [4.69, 9.17) is 16.3 Å². The number of nitrogens with one attached hydrogen (secondary N) is 1. The van der Waals surface area contributed by atoms with Crippen LogP contribution in [0.1, 0.15) is 0 Å². The van der Waals surface area contributed by atoms with Crippen molar-refractivity contribution in [2.45, 2.75) is 0 Å². The van der Waals surface area contributed by atoms with Gasteiger partial charge in [-0.3, -0.25) is 0 Å². The van der Waals surface area contributed by atoms with E-state index in [9.17, 15) is 4.39 Å². The second-order valence-corrected chi connectivity index (χ2v) is 5.16. The lowest BCUT2D eigenvalue weighted by Gasteiger charge is -2.10. The molecule has 0 atom stereocenters. The number of benzene rings is 2. The van der Waals surface area contributed by atoms with E-state index in [0.717, 1.165) is 10.2 Å². The van der Waals surface area contributed by atoms with Gasteiger partial charge in [-0.2, -0.15) is 0 Å². The highest BCUT2D eigenvalue weighted by atomic mass is 79.9. The van der Waals surface area contributed by atoms with E-state index in [-0.39, 0.29) is 5.02 Å². The Balaban J connectivity index is 1.82. The summed E-state index contributed by atoms with van der Waals surface area (Å²) in [5, 5.41) is 3.05. The highest BCUT2D eigenvalue weighted by Crippen LogP contribution is 2.22. The molecular weight excluding hydrogens is 333 g/mol. The number of ether oxygens (including phenoxy) is 1. The Labute approximate surface area is 124 Å². The number of hydrogen-bond donors (Lipinski definition) is 1. The van der Waals surface area contributed by atoms with Crippen molar-refractivity contribution in [1.82, 2.24) is 0 Å². The predicted octanol–water partition coefficient (Wildman–Crippen LogP) is 4.73. The lowest BCUT2D eigenvalue weighted by molar-refractivity contribution is 0.332. The van der Waals surface area contributed by atoms with Crippen molar-refractivity contribution < 1.29 is 9.13 Å². The standard InChI is InChI=1S/C14H12BrClFNO/c15-10-3-1-4-11(9-10)19-8-7-18-13-6-2-5-12(16)14(13)17/h1-6,9,18H,7-8H2. The molecule has 0 aliphatic carbocycles. The number of hydrogen-bond acceptors (Lipinski definition) is 2. The van der Waals surface area contributed by atoms with Crippen LogP contribution in [0.2, 0.25) is 5.02 Å². The molecule has 0 fully saturated rings. The zero-order valence-electron chi connectivity index (χ0n) is 10.00. The molecule has 0 aliphatic heterocycles. The van der Waals surface area contributed by atoms with E-state index < -0.39 is 5.82 Å². The van der Waals surface area contributed by atoms with Gasteiger partial charge in [0.25, 0.3) is 0 Å². The Morgan fingerprint density at radius 2 is 2.00 bits per heavy atom. The maximum Gasteiger partial charge on any atom is 0.164 e. The van der Waals surface area contributed by atoms with Gasteiger partial charge in [-0.25, -0.2) is 4.39 Å². The van der Waals surface area contributed by atoms with Gasteiger partial charge in [0.1, 0.15) is 12.4 Å². The summed E-state index contributed by atoms with van der Waals surface area (Å²) in [5.41, 5.74) is 0.380. The van der Waals surface area contributed by atoms with Crippen molar-refractivity contribution in [3.05, 3.63) is 57.8 Å². The van der Waals surface area contributed by atoms with Crippen LogP contribution in [0.4, 0.5) is 10.1 Å². The first-order chi connectivity index (χ1) is 9.16. The van der Waals surface area contributed by atoms with Crippen LogP contribution in [0.15, 0.2) is 46.9 Å². The predicted molar refractivity (Wildman–Crippen MR) is 79.5 cm³/mol. The van der Waals surface area contributed by atoms with Crippen LogP contribution in [-0.2, 0) is 0 Å². The Morgan fingerprint density at radius 1 is 1.21 bits per heavy atom. The van der Waals surface area contributed by atoms with Crippen LogP contribution >= 0.6 is 27.5 Å². The molecule has 19 heavy (non-hydrogen) atoms. The fourth-order valence-electron chi connectivity index (χ4n) is 1.55. The third-order valence-electron chi connectivity index (χ3n) is 2.43. The van der Waals surface area contributed by atoms with Crippen LogP contribution in [-0.4, -0.2) is 13.2 Å². The molecule has 0 aliphatic rings. The largest absolute Gasteiger partial charge is 0.492 e. The SMILES string of the molecule is Fc1c(Cl)cccc1NCCOc1cccc(Br)c1. The van der Waals surface area contributed by atoms with Gasteiger partial charge in [0, 0.05) is 11.0 Å². The van der Waals surface area contributed by atoms with Crippen molar-refractivity contribution in [1.29, 1.82) is 0 Å². The molecule has 2 rings (SSSR count). The van der Waals surface area contributed by atoms with E-state index in [1.54, 1.807) is 12.1 Å². The quantitative estimate of drug-likeness (QED) is 0.792. The summed E-state index contributed by atoms with van der Waals surface area (Å²) in [6, 6.07) is 12.4. The molecule has 2 aromatic carbocycles. The Bertz CT molecular complexity index is 565. The highest BCUT2D eigenvalue weighted by Gasteiger charge is 2.04. The van der Waals surface area contributed by atoms with Crippen molar-refractivity contribution in [2.24, 2.45) is 0 Å². The van der Waals surface area contributed by atoms with Gasteiger partial charge in [0.2, 0.25) is 0 Å². The monoisotopic (exact) mass is 343 g/mol. The zero-order valence-corrected chi connectivity index (χ0v) is 12.3. The molecule has 0 saturated heterocycles. The molecular formula is C14H12BrClFNO. The smallest absolute Gasteiger partial charge is 0.164 e.